The number of nitrogens with zero attached hydrogens (tertiary/aromatic N) is 4. The van der Waals surface area contributed by atoms with Gasteiger partial charge in [-0.25, -0.2) is 4.98 Å². The van der Waals surface area contributed by atoms with Crippen molar-refractivity contribution >= 4 is 0 Å². The van der Waals surface area contributed by atoms with E-state index in [0.717, 1.165) is 24.6 Å². The van der Waals surface area contributed by atoms with Crippen LogP contribution in [0.2, 0.25) is 0 Å². The molecule has 0 amide bonds. The average molecular weight is 203 g/mol. The molecule has 78 valence electrons. The Kier molecular flexibility index (Phi) is 3.04. The molecular weight excluding hydrogens is 190 g/mol. The second-order valence-electron chi connectivity index (χ2n) is 3.13. The summed E-state index contributed by atoms with van der Waals surface area (Å²) in [5.74, 6) is 0.785. The van der Waals surface area contributed by atoms with Crippen molar-refractivity contribution in [3.63, 3.8) is 0 Å². The minimum Gasteiger partial charge on any atom is -0.311 e. The molecule has 5 nitrogen and oxygen atoms in total. The molecule has 15 heavy (non-hydrogen) atoms. The standard InChI is InChI=1S/C10H13N5/c1-2-11-7-9-3-4-10(14-13-9)15-6-5-12-8-15/h3-6,8,11H,2,7H2,1H3. The fraction of sp³-hybridized carbons (Fsp3) is 0.300. The quantitative estimate of drug-likeness (QED) is 0.797. The maximum atomic E-state index is 4.11. The number of imidazole rings is 1. The van der Waals surface area contributed by atoms with E-state index in [1.165, 1.54) is 0 Å². The fourth-order valence-corrected chi connectivity index (χ4v) is 1.23. The van der Waals surface area contributed by atoms with Gasteiger partial charge in [-0.15, -0.1) is 5.10 Å². The minimum absolute atomic E-state index is 0.758. The minimum atomic E-state index is 0.758. The Morgan fingerprint density at radius 2 is 2.27 bits per heavy atom. The largest absolute Gasteiger partial charge is 0.311 e. The zero-order valence-electron chi connectivity index (χ0n) is 8.59. The van der Waals surface area contributed by atoms with E-state index in [1.807, 2.05) is 22.9 Å². The smallest absolute Gasteiger partial charge is 0.160 e. The molecule has 0 aliphatic carbocycles. The summed E-state index contributed by atoms with van der Waals surface area (Å²) in [7, 11) is 0. The highest BCUT2D eigenvalue weighted by Gasteiger charge is 1.98. The van der Waals surface area contributed by atoms with E-state index < -0.39 is 0 Å². The Balaban J connectivity index is 2.11. The third-order valence-electron chi connectivity index (χ3n) is 2.03. The van der Waals surface area contributed by atoms with Crippen LogP contribution in [0.1, 0.15) is 12.6 Å². The molecule has 0 radical (unpaired) electrons. The van der Waals surface area contributed by atoms with Crippen LogP contribution in [-0.4, -0.2) is 26.3 Å². The highest BCUT2D eigenvalue weighted by atomic mass is 15.2. The van der Waals surface area contributed by atoms with Crippen LogP contribution in [0.5, 0.6) is 0 Å². The highest BCUT2D eigenvalue weighted by Crippen LogP contribution is 2.02. The first-order chi connectivity index (χ1) is 7.40. The lowest BCUT2D eigenvalue weighted by molar-refractivity contribution is 0.695. The Hall–Kier alpha value is -1.75. The summed E-state index contributed by atoms with van der Waals surface area (Å²) in [6, 6.07) is 3.90. The van der Waals surface area contributed by atoms with Crippen LogP contribution in [-0.2, 0) is 6.54 Å². The molecule has 0 saturated heterocycles. The topological polar surface area (TPSA) is 55.6 Å². The first kappa shape index (κ1) is 9.79. The van der Waals surface area contributed by atoms with Crippen molar-refractivity contribution in [2.45, 2.75) is 13.5 Å². The predicted molar refractivity (Wildman–Crippen MR) is 56.5 cm³/mol. The summed E-state index contributed by atoms with van der Waals surface area (Å²) in [5.41, 5.74) is 0.945. The van der Waals surface area contributed by atoms with Gasteiger partial charge in [-0.05, 0) is 18.7 Å². The second kappa shape index (κ2) is 4.65. The predicted octanol–water partition coefficient (Wildman–Crippen LogP) is 0.772. The monoisotopic (exact) mass is 203 g/mol. The zero-order chi connectivity index (χ0) is 10.5. The molecule has 0 aliphatic heterocycles. The molecule has 0 aromatic carbocycles. The molecule has 2 aromatic rings. The normalized spacial score (nSPS) is 10.5. The van der Waals surface area contributed by atoms with Crippen LogP contribution in [0, 0.1) is 0 Å². The molecule has 0 fully saturated rings. The fourth-order valence-electron chi connectivity index (χ4n) is 1.23. The van der Waals surface area contributed by atoms with Gasteiger partial charge in [0.25, 0.3) is 0 Å². The number of aromatic nitrogens is 4. The molecular formula is C10H13N5. The van der Waals surface area contributed by atoms with Gasteiger partial charge in [0, 0.05) is 18.9 Å². The van der Waals surface area contributed by atoms with E-state index in [0.29, 0.717) is 0 Å². The summed E-state index contributed by atoms with van der Waals surface area (Å²) in [5, 5.41) is 11.4. The van der Waals surface area contributed by atoms with Gasteiger partial charge in [0.05, 0.1) is 5.69 Å². The van der Waals surface area contributed by atoms with Gasteiger partial charge in [-0.3, -0.25) is 4.57 Å². The third kappa shape index (κ3) is 2.38. The van der Waals surface area contributed by atoms with Gasteiger partial charge in [-0.1, -0.05) is 6.92 Å². The molecule has 0 saturated carbocycles. The van der Waals surface area contributed by atoms with Crippen LogP contribution in [0.15, 0.2) is 30.9 Å². The number of rotatable bonds is 4. The summed E-state index contributed by atoms with van der Waals surface area (Å²) in [6.07, 6.45) is 5.26. The molecule has 1 N–H and O–H groups in total. The average Bonchev–Trinajstić information content (AvgIpc) is 2.80. The van der Waals surface area contributed by atoms with Crippen molar-refractivity contribution in [1.82, 2.24) is 25.1 Å². The van der Waals surface area contributed by atoms with Gasteiger partial charge in [0.2, 0.25) is 0 Å². The van der Waals surface area contributed by atoms with Gasteiger partial charge in [0.1, 0.15) is 6.33 Å². The third-order valence-corrected chi connectivity index (χ3v) is 2.03. The van der Waals surface area contributed by atoms with Gasteiger partial charge >= 0.3 is 0 Å². The maximum absolute atomic E-state index is 4.11. The van der Waals surface area contributed by atoms with Crippen molar-refractivity contribution in [3.05, 3.63) is 36.5 Å². The van der Waals surface area contributed by atoms with Crippen LogP contribution >= 0.6 is 0 Å². The van der Waals surface area contributed by atoms with E-state index in [9.17, 15) is 0 Å². The Bertz CT molecular complexity index is 392. The Morgan fingerprint density at radius 3 is 2.87 bits per heavy atom. The van der Waals surface area contributed by atoms with Crippen LogP contribution in [0.4, 0.5) is 0 Å². The van der Waals surface area contributed by atoms with Crippen LogP contribution in [0.3, 0.4) is 0 Å². The number of hydrogen-bond acceptors (Lipinski definition) is 4. The lowest BCUT2D eigenvalue weighted by Crippen LogP contribution is -2.13. The van der Waals surface area contributed by atoms with Crippen molar-refractivity contribution < 1.29 is 0 Å². The SMILES string of the molecule is CCNCc1ccc(-n2ccnc2)nn1. The van der Waals surface area contributed by atoms with Crippen LogP contribution in [0.25, 0.3) is 5.82 Å². The molecule has 2 rings (SSSR count). The summed E-state index contributed by atoms with van der Waals surface area (Å²) < 4.78 is 1.82. The first-order valence-corrected chi connectivity index (χ1v) is 4.92. The maximum Gasteiger partial charge on any atom is 0.160 e. The molecule has 2 heterocycles. The Morgan fingerprint density at radius 1 is 1.33 bits per heavy atom. The number of hydrogen-bond donors (Lipinski definition) is 1. The highest BCUT2D eigenvalue weighted by molar-refractivity contribution is 5.21. The van der Waals surface area contributed by atoms with Crippen molar-refractivity contribution in [2.24, 2.45) is 0 Å². The first-order valence-electron chi connectivity index (χ1n) is 4.92. The number of nitrogens with one attached hydrogen (secondary N) is 1. The molecule has 5 heteroatoms. The van der Waals surface area contributed by atoms with Crippen molar-refractivity contribution in [3.8, 4) is 5.82 Å². The molecule has 0 unspecified atom stereocenters. The van der Waals surface area contributed by atoms with Gasteiger partial charge < -0.3 is 5.32 Å². The van der Waals surface area contributed by atoms with E-state index in [1.54, 1.807) is 12.5 Å². The van der Waals surface area contributed by atoms with Gasteiger partial charge in [0.15, 0.2) is 5.82 Å². The van der Waals surface area contributed by atoms with E-state index in [-0.39, 0.29) is 0 Å². The van der Waals surface area contributed by atoms with E-state index in [2.05, 4.69) is 27.4 Å². The molecule has 0 bridgehead atoms. The van der Waals surface area contributed by atoms with Crippen LogP contribution < -0.4 is 5.32 Å². The molecule has 0 atom stereocenters. The van der Waals surface area contributed by atoms with E-state index in [4.69, 9.17) is 0 Å². The Labute approximate surface area is 88.2 Å². The van der Waals surface area contributed by atoms with Gasteiger partial charge in [-0.2, -0.15) is 5.10 Å². The molecule has 2 aromatic heterocycles. The summed E-state index contributed by atoms with van der Waals surface area (Å²) >= 11 is 0. The lowest BCUT2D eigenvalue weighted by atomic mass is 10.4. The zero-order valence-corrected chi connectivity index (χ0v) is 8.59. The summed E-state index contributed by atoms with van der Waals surface area (Å²) in [4.78, 5) is 3.95. The van der Waals surface area contributed by atoms with E-state index >= 15 is 0 Å². The second-order valence-corrected chi connectivity index (χ2v) is 3.13. The molecule has 0 spiro atoms. The molecule has 0 aliphatic rings. The van der Waals surface area contributed by atoms with Crippen molar-refractivity contribution in [2.75, 3.05) is 6.54 Å². The van der Waals surface area contributed by atoms with Crippen molar-refractivity contribution in [1.29, 1.82) is 0 Å². The summed E-state index contributed by atoms with van der Waals surface area (Å²) in [6.45, 7) is 3.76. The lowest BCUT2D eigenvalue weighted by Gasteiger charge is -2.02.